The smallest absolute Gasteiger partial charge is 0.251 e. The Morgan fingerprint density at radius 3 is 2.65 bits per heavy atom. The highest BCUT2D eigenvalue weighted by molar-refractivity contribution is 5.94. The van der Waals surface area contributed by atoms with E-state index >= 15 is 0 Å². The van der Waals surface area contributed by atoms with Crippen LogP contribution in [0.15, 0.2) is 48.7 Å². The van der Waals surface area contributed by atoms with E-state index in [4.69, 9.17) is 9.47 Å². The van der Waals surface area contributed by atoms with Gasteiger partial charge in [-0.1, -0.05) is 32.0 Å². The lowest BCUT2D eigenvalue weighted by atomic mass is 9.90. The molecule has 2 aromatic rings. The maximum Gasteiger partial charge on any atom is 0.251 e. The fourth-order valence-corrected chi connectivity index (χ4v) is 3.38. The molecule has 0 radical (unpaired) electrons. The van der Waals surface area contributed by atoms with Crippen molar-refractivity contribution in [1.82, 2.24) is 10.3 Å². The fraction of sp³-hybridized carbons (Fsp3) is 0.429. The van der Waals surface area contributed by atoms with Crippen molar-refractivity contribution in [1.29, 1.82) is 0 Å². The van der Waals surface area contributed by atoms with Crippen LogP contribution in [-0.4, -0.2) is 30.1 Å². The molecule has 0 spiro atoms. The number of benzene rings is 1. The van der Waals surface area contributed by atoms with Crippen LogP contribution in [0.4, 0.5) is 0 Å². The summed E-state index contributed by atoms with van der Waals surface area (Å²) < 4.78 is 11.7. The van der Waals surface area contributed by atoms with E-state index < -0.39 is 0 Å². The van der Waals surface area contributed by atoms with Crippen molar-refractivity contribution in [3.8, 4) is 5.88 Å². The maximum absolute atomic E-state index is 12.6. The van der Waals surface area contributed by atoms with Gasteiger partial charge in [-0.15, -0.1) is 0 Å². The van der Waals surface area contributed by atoms with Crippen LogP contribution in [0.25, 0.3) is 0 Å². The van der Waals surface area contributed by atoms with Gasteiger partial charge >= 0.3 is 0 Å². The van der Waals surface area contributed by atoms with E-state index in [9.17, 15) is 4.79 Å². The van der Waals surface area contributed by atoms with E-state index in [1.165, 1.54) is 0 Å². The predicted molar refractivity (Wildman–Crippen MR) is 100 cm³/mol. The number of hydrogen-bond donors (Lipinski definition) is 1. The molecule has 1 fully saturated rings. The lowest BCUT2D eigenvalue weighted by molar-refractivity contribution is -0.0831. The van der Waals surface area contributed by atoms with Gasteiger partial charge in [-0.2, -0.15) is 0 Å². The molecule has 1 aromatic carbocycles. The number of pyridine rings is 1. The van der Waals surface area contributed by atoms with Crippen molar-refractivity contribution in [3.05, 3.63) is 59.8 Å². The van der Waals surface area contributed by atoms with Crippen LogP contribution in [0.1, 0.15) is 48.7 Å². The molecular weight excluding hydrogens is 328 g/mol. The molecule has 5 heteroatoms. The number of aromatic nitrogens is 1. The quantitative estimate of drug-likeness (QED) is 0.888. The van der Waals surface area contributed by atoms with E-state index in [0.717, 1.165) is 12.0 Å². The van der Waals surface area contributed by atoms with Crippen LogP contribution in [0.3, 0.4) is 0 Å². The minimum atomic E-state index is -0.152. The number of ether oxygens (including phenoxy) is 2. The number of carbonyl (C=O) groups excluding carboxylic acids is 1. The minimum absolute atomic E-state index is 0.0405. The van der Waals surface area contributed by atoms with Gasteiger partial charge in [0, 0.05) is 23.4 Å². The zero-order valence-electron chi connectivity index (χ0n) is 15.5. The first kappa shape index (κ1) is 18.4. The van der Waals surface area contributed by atoms with Gasteiger partial charge in [-0.05, 0) is 43.0 Å². The van der Waals surface area contributed by atoms with E-state index in [1.54, 1.807) is 13.3 Å². The van der Waals surface area contributed by atoms with Crippen molar-refractivity contribution in [2.75, 3.05) is 7.11 Å². The number of methoxy groups -OCH3 is 1. The molecule has 0 bridgehead atoms. The van der Waals surface area contributed by atoms with E-state index in [0.29, 0.717) is 23.8 Å². The fourth-order valence-electron chi connectivity index (χ4n) is 3.38. The van der Waals surface area contributed by atoms with Crippen LogP contribution in [0, 0.1) is 5.92 Å². The average molecular weight is 354 g/mol. The zero-order chi connectivity index (χ0) is 18.5. The SMILES string of the molecule is COc1ncccc1[C@H]1C[C@@H](NC(=O)c2ccccc2)C[C@@H](C(C)C)O1. The first-order valence-corrected chi connectivity index (χ1v) is 9.08. The molecule has 26 heavy (non-hydrogen) atoms. The summed E-state index contributed by atoms with van der Waals surface area (Å²) in [6.07, 6.45) is 3.12. The zero-order valence-corrected chi connectivity index (χ0v) is 15.5. The second kappa shape index (κ2) is 8.32. The van der Waals surface area contributed by atoms with Gasteiger partial charge in [-0.3, -0.25) is 4.79 Å². The number of hydrogen-bond acceptors (Lipinski definition) is 4. The molecule has 0 aliphatic carbocycles. The van der Waals surface area contributed by atoms with Gasteiger partial charge in [0.25, 0.3) is 5.91 Å². The first-order valence-electron chi connectivity index (χ1n) is 9.08. The summed E-state index contributed by atoms with van der Waals surface area (Å²) in [6, 6.07) is 13.2. The number of amides is 1. The predicted octanol–water partition coefficient (Wildman–Crippen LogP) is 3.76. The normalized spacial score (nSPS) is 22.8. The molecule has 1 saturated heterocycles. The Labute approximate surface area is 154 Å². The minimum Gasteiger partial charge on any atom is -0.481 e. The second-order valence-corrected chi connectivity index (χ2v) is 7.02. The Bertz CT molecular complexity index is 733. The number of rotatable bonds is 5. The number of carbonyl (C=O) groups is 1. The van der Waals surface area contributed by atoms with Crippen LogP contribution < -0.4 is 10.1 Å². The van der Waals surface area contributed by atoms with Gasteiger partial charge in [0.05, 0.1) is 19.3 Å². The lowest BCUT2D eigenvalue weighted by Gasteiger charge is -2.38. The summed E-state index contributed by atoms with van der Waals surface area (Å²) in [4.78, 5) is 16.9. The third kappa shape index (κ3) is 4.22. The second-order valence-electron chi connectivity index (χ2n) is 7.02. The Balaban J connectivity index is 1.79. The monoisotopic (exact) mass is 354 g/mol. The summed E-state index contributed by atoms with van der Waals surface area (Å²) >= 11 is 0. The summed E-state index contributed by atoms with van der Waals surface area (Å²) in [5.74, 6) is 0.892. The Kier molecular flexibility index (Phi) is 5.89. The Hall–Kier alpha value is -2.40. The van der Waals surface area contributed by atoms with Crippen molar-refractivity contribution in [2.45, 2.75) is 44.9 Å². The van der Waals surface area contributed by atoms with Gasteiger partial charge in [-0.25, -0.2) is 4.98 Å². The first-order chi connectivity index (χ1) is 12.6. The molecule has 0 unspecified atom stereocenters. The van der Waals surface area contributed by atoms with Gasteiger partial charge in [0.2, 0.25) is 5.88 Å². The van der Waals surface area contributed by atoms with Gasteiger partial charge < -0.3 is 14.8 Å². The molecular formula is C21H26N2O3. The highest BCUT2D eigenvalue weighted by atomic mass is 16.5. The molecule has 138 valence electrons. The largest absolute Gasteiger partial charge is 0.481 e. The molecule has 5 nitrogen and oxygen atoms in total. The van der Waals surface area contributed by atoms with Crippen LogP contribution in [-0.2, 0) is 4.74 Å². The molecule has 2 heterocycles. The van der Waals surface area contributed by atoms with E-state index in [-0.39, 0.29) is 24.2 Å². The molecule has 0 saturated carbocycles. The molecule has 3 rings (SSSR count). The molecule has 1 N–H and O–H groups in total. The summed E-state index contributed by atoms with van der Waals surface area (Å²) in [5.41, 5.74) is 1.61. The lowest BCUT2D eigenvalue weighted by Crippen LogP contribution is -2.44. The van der Waals surface area contributed by atoms with Crippen molar-refractivity contribution in [2.24, 2.45) is 5.92 Å². The summed E-state index contributed by atoms with van der Waals surface area (Å²) in [6.45, 7) is 4.28. The van der Waals surface area contributed by atoms with Crippen molar-refractivity contribution >= 4 is 5.91 Å². The third-order valence-electron chi connectivity index (χ3n) is 4.81. The highest BCUT2D eigenvalue weighted by Crippen LogP contribution is 2.37. The van der Waals surface area contributed by atoms with E-state index in [2.05, 4.69) is 24.1 Å². The Morgan fingerprint density at radius 2 is 1.96 bits per heavy atom. The van der Waals surface area contributed by atoms with Crippen molar-refractivity contribution in [3.63, 3.8) is 0 Å². The molecule has 1 aromatic heterocycles. The van der Waals surface area contributed by atoms with E-state index in [1.807, 2.05) is 42.5 Å². The van der Waals surface area contributed by atoms with Gasteiger partial charge in [0.15, 0.2) is 0 Å². The molecule has 1 aliphatic heterocycles. The van der Waals surface area contributed by atoms with Crippen LogP contribution >= 0.6 is 0 Å². The molecule has 1 amide bonds. The van der Waals surface area contributed by atoms with Gasteiger partial charge in [0.1, 0.15) is 0 Å². The van der Waals surface area contributed by atoms with Crippen LogP contribution in [0.2, 0.25) is 0 Å². The topological polar surface area (TPSA) is 60.5 Å². The van der Waals surface area contributed by atoms with Crippen molar-refractivity contribution < 1.29 is 14.3 Å². The number of nitrogens with zero attached hydrogens (tertiary/aromatic N) is 1. The summed E-state index contributed by atoms with van der Waals surface area (Å²) in [5, 5.41) is 3.18. The Morgan fingerprint density at radius 1 is 1.19 bits per heavy atom. The number of nitrogens with one attached hydrogen (secondary N) is 1. The molecule has 3 atom stereocenters. The standard InChI is InChI=1S/C21H26N2O3/c1-14(2)18-12-16(23-20(24)15-8-5-4-6-9-15)13-19(26-18)17-10-7-11-22-21(17)25-3/h4-11,14,16,18-19H,12-13H2,1-3H3,(H,23,24)/t16-,18-,19+/m0/s1. The maximum atomic E-state index is 12.6. The summed E-state index contributed by atoms with van der Waals surface area (Å²) in [7, 11) is 1.61. The third-order valence-corrected chi connectivity index (χ3v) is 4.81. The average Bonchev–Trinajstić information content (AvgIpc) is 2.68. The highest BCUT2D eigenvalue weighted by Gasteiger charge is 2.34. The molecule has 1 aliphatic rings. The van der Waals surface area contributed by atoms with Crippen LogP contribution in [0.5, 0.6) is 5.88 Å².